The van der Waals surface area contributed by atoms with Crippen LogP contribution in [0.3, 0.4) is 0 Å². The number of aryl methyl sites for hydroxylation is 1. The molecule has 0 radical (unpaired) electrons. The van der Waals surface area contributed by atoms with Crippen molar-refractivity contribution in [1.29, 1.82) is 0 Å². The lowest BCUT2D eigenvalue weighted by atomic mass is 10.2. The topological polar surface area (TPSA) is 103 Å². The van der Waals surface area contributed by atoms with E-state index in [1.807, 2.05) is 0 Å². The number of nitrogens with zero attached hydrogens (tertiary/aromatic N) is 2. The van der Waals surface area contributed by atoms with Crippen molar-refractivity contribution in [3.63, 3.8) is 0 Å². The Morgan fingerprint density at radius 3 is 2.86 bits per heavy atom. The van der Waals surface area contributed by atoms with Crippen LogP contribution >= 0.6 is 0 Å². The quantitative estimate of drug-likeness (QED) is 0.818. The van der Waals surface area contributed by atoms with Gasteiger partial charge < -0.3 is 19.7 Å². The molecule has 0 bridgehead atoms. The maximum atomic E-state index is 12.4. The van der Waals surface area contributed by atoms with E-state index in [4.69, 9.17) is 9.52 Å². The van der Waals surface area contributed by atoms with Gasteiger partial charge in [-0.05, 0) is 13.0 Å². The fourth-order valence-corrected chi connectivity index (χ4v) is 2.18. The van der Waals surface area contributed by atoms with Crippen LogP contribution in [0.25, 0.3) is 0 Å². The molecular weight excluding hydrogens is 278 g/mol. The highest BCUT2D eigenvalue weighted by Crippen LogP contribution is 2.14. The molecule has 8 heteroatoms. The fraction of sp³-hybridized carbons (Fsp3) is 0.462. The van der Waals surface area contributed by atoms with E-state index in [9.17, 15) is 14.4 Å². The van der Waals surface area contributed by atoms with Gasteiger partial charge >= 0.3 is 12.0 Å². The highest BCUT2D eigenvalue weighted by molar-refractivity contribution is 5.90. The summed E-state index contributed by atoms with van der Waals surface area (Å²) in [4.78, 5) is 37.4. The lowest BCUT2D eigenvalue weighted by molar-refractivity contribution is -0.144. The Labute approximate surface area is 121 Å². The van der Waals surface area contributed by atoms with Crippen LogP contribution in [0.2, 0.25) is 0 Å². The zero-order valence-corrected chi connectivity index (χ0v) is 11.8. The lowest BCUT2D eigenvalue weighted by Crippen LogP contribution is -2.61. The second kappa shape index (κ2) is 5.86. The summed E-state index contributed by atoms with van der Waals surface area (Å²) >= 11 is 0. The van der Waals surface area contributed by atoms with Gasteiger partial charge in [0.2, 0.25) is 5.91 Å². The van der Waals surface area contributed by atoms with Crippen LogP contribution in [-0.4, -0.2) is 59.0 Å². The molecular formula is C13H17N3O5. The Morgan fingerprint density at radius 1 is 1.57 bits per heavy atom. The SMILES string of the molecule is Cc1occc1CN(C)C(=O)N1CC(=O)NCC1C(=O)O. The first-order chi connectivity index (χ1) is 9.90. The van der Waals surface area contributed by atoms with E-state index in [0.717, 1.165) is 10.5 Å². The highest BCUT2D eigenvalue weighted by atomic mass is 16.4. The third-order valence-electron chi connectivity index (χ3n) is 3.41. The number of hydrogen-bond acceptors (Lipinski definition) is 4. The van der Waals surface area contributed by atoms with Gasteiger partial charge in [0.25, 0.3) is 0 Å². The molecule has 1 saturated heterocycles. The molecule has 1 aromatic rings. The average molecular weight is 295 g/mol. The minimum atomic E-state index is -1.14. The van der Waals surface area contributed by atoms with Crippen LogP contribution in [0.15, 0.2) is 16.7 Å². The smallest absolute Gasteiger partial charge is 0.328 e. The number of amides is 3. The summed E-state index contributed by atoms with van der Waals surface area (Å²) in [6.45, 7) is 1.72. The molecule has 0 spiro atoms. The molecule has 8 nitrogen and oxygen atoms in total. The van der Waals surface area contributed by atoms with Crippen LogP contribution in [0.5, 0.6) is 0 Å². The molecule has 3 amide bonds. The normalized spacial score (nSPS) is 18.3. The number of piperazine rings is 1. The second-order valence-electron chi connectivity index (χ2n) is 4.93. The van der Waals surface area contributed by atoms with Crippen molar-refractivity contribution in [1.82, 2.24) is 15.1 Å². The van der Waals surface area contributed by atoms with Gasteiger partial charge in [-0.25, -0.2) is 9.59 Å². The summed E-state index contributed by atoms with van der Waals surface area (Å²) in [6, 6.07) is 0.192. The Morgan fingerprint density at radius 2 is 2.29 bits per heavy atom. The van der Waals surface area contributed by atoms with Crippen molar-refractivity contribution in [3.8, 4) is 0 Å². The van der Waals surface area contributed by atoms with E-state index >= 15 is 0 Å². The Hall–Kier alpha value is -2.51. The van der Waals surface area contributed by atoms with Crippen LogP contribution in [0, 0.1) is 6.92 Å². The number of carboxylic acid groups (broad SMARTS) is 1. The summed E-state index contributed by atoms with van der Waals surface area (Å²) in [5, 5.41) is 11.6. The van der Waals surface area contributed by atoms with Crippen LogP contribution in [-0.2, 0) is 16.1 Å². The summed E-state index contributed by atoms with van der Waals surface area (Å²) in [7, 11) is 1.56. The van der Waals surface area contributed by atoms with Gasteiger partial charge in [0.1, 0.15) is 18.3 Å². The minimum absolute atomic E-state index is 0.0848. The Balaban J connectivity index is 2.10. The van der Waals surface area contributed by atoms with Crippen molar-refractivity contribution in [2.45, 2.75) is 19.5 Å². The third kappa shape index (κ3) is 3.15. The molecule has 21 heavy (non-hydrogen) atoms. The molecule has 2 N–H and O–H groups in total. The standard InChI is InChI=1S/C13H17N3O5/c1-8-9(3-4-21-8)6-15(2)13(20)16-7-11(17)14-5-10(16)12(18)19/h3-4,10H,5-7H2,1-2H3,(H,14,17)(H,18,19). The van der Waals surface area contributed by atoms with Gasteiger partial charge in [-0.2, -0.15) is 0 Å². The number of aliphatic carboxylic acids is 1. The molecule has 114 valence electrons. The van der Waals surface area contributed by atoms with Gasteiger partial charge in [-0.15, -0.1) is 0 Å². The molecule has 1 aliphatic heterocycles. The first-order valence-corrected chi connectivity index (χ1v) is 6.44. The Kier molecular flexibility index (Phi) is 4.15. The van der Waals surface area contributed by atoms with Gasteiger partial charge in [-0.3, -0.25) is 9.69 Å². The van der Waals surface area contributed by atoms with E-state index < -0.39 is 18.0 Å². The maximum Gasteiger partial charge on any atom is 0.328 e. The third-order valence-corrected chi connectivity index (χ3v) is 3.41. The lowest BCUT2D eigenvalue weighted by Gasteiger charge is -2.35. The van der Waals surface area contributed by atoms with Gasteiger partial charge in [0.05, 0.1) is 12.8 Å². The summed E-state index contributed by atoms with van der Waals surface area (Å²) in [5.41, 5.74) is 0.833. The molecule has 1 unspecified atom stereocenters. The zero-order valence-electron chi connectivity index (χ0n) is 11.8. The van der Waals surface area contributed by atoms with E-state index in [-0.39, 0.29) is 25.5 Å². The summed E-state index contributed by atoms with van der Waals surface area (Å²) in [6.07, 6.45) is 1.53. The van der Waals surface area contributed by atoms with E-state index in [1.165, 1.54) is 11.2 Å². The number of hydrogen-bond donors (Lipinski definition) is 2. The zero-order chi connectivity index (χ0) is 15.6. The fourth-order valence-electron chi connectivity index (χ4n) is 2.18. The predicted octanol–water partition coefficient (Wildman–Crippen LogP) is 0.0248. The van der Waals surface area contributed by atoms with Crippen molar-refractivity contribution >= 4 is 17.9 Å². The summed E-state index contributed by atoms with van der Waals surface area (Å²) in [5.74, 6) is -0.814. The molecule has 1 aliphatic rings. The van der Waals surface area contributed by atoms with Crippen molar-refractivity contribution in [2.24, 2.45) is 0 Å². The second-order valence-corrected chi connectivity index (χ2v) is 4.93. The number of nitrogens with one attached hydrogen (secondary N) is 1. The molecule has 2 heterocycles. The molecule has 1 fully saturated rings. The van der Waals surface area contributed by atoms with Crippen LogP contribution in [0.1, 0.15) is 11.3 Å². The predicted molar refractivity (Wildman–Crippen MR) is 71.4 cm³/mol. The first kappa shape index (κ1) is 14.9. The molecule has 0 saturated carbocycles. The molecule has 1 aromatic heterocycles. The molecule has 1 atom stereocenters. The number of carbonyl (C=O) groups is 3. The molecule has 2 rings (SSSR count). The van der Waals surface area contributed by atoms with Crippen LogP contribution in [0.4, 0.5) is 4.79 Å². The van der Waals surface area contributed by atoms with Gasteiger partial charge in [0, 0.05) is 19.2 Å². The number of carbonyl (C=O) groups excluding carboxylic acids is 2. The molecule has 0 aromatic carbocycles. The van der Waals surface area contributed by atoms with E-state index in [2.05, 4.69) is 5.32 Å². The highest BCUT2D eigenvalue weighted by Gasteiger charge is 2.36. The monoisotopic (exact) mass is 295 g/mol. The first-order valence-electron chi connectivity index (χ1n) is 6.44. The van der Waals surface area contributed by atoms with Gasteiger partial charge in [0.15, 0.2) is 0 Å². The average Bonchev–Trinajstić information content (AvgIpc) is 2.83. The minimum Gasteiger partial charge on any atom is -0.480 e. The largest absolute Gasteiger partial charge is 0.480 e. The van der Waals surface area contributed by atoms with E-state index in [0.29, 0.717) is 5.76 Å². The number of furan rings is 1. The number of urea groups is 1. The van der Waals surface area contributed by atoms with Crippen molar-refractivity contribution in [2.75, 3.05) is 20.1 Å². The summed E-state index contributed by atoms with van der Waals surface area (Å²) < 4.78 is 5.16. The maximum absolute atomic E-state index is 12.4. The number of rotatable bonds is 3. The van der Waals surface area contributed by atoms with Crippen molar-refractivity contribution < 1.29 is 23.9 Å². The van der Waals surface area contributed by atoms with Gasteiger partial charge in [-0.1, -0.05) is 0 Å². The molecule has 0 aliphatic carbocycles. The van der Waals surface area contributed by atoms with Crippen molar-refractivity contribution in [3.05, 3.63) is 23.7 Å². The van der Waals surface area contributed by atoms with Crippen LogP contribution < -0.4 is 5.32 Å². The Bertz CT molecular complexity index is 568. The number of carboxylic acids is 1. The van der Waals surface area contributed by atoms with E-state index in [1.54, 1.807) is 20.0 Å².